The number of halogens is 2. The lowest BCUT2D eigenvalue weighted by Crippen LogP contribution is -2.30. The Morgan fingerprint density at radius 3 is 2.50 bits per heavy atom. The Balaban J connectivity index is 1.96. The van der Waals surface area contributed by atoms with Gasteiger partial charge in [-0.05, 0) is 42.0 Å². The summed E-state index contributed by atoms with van der Waals surface area (Å²) in [6.07, 6.45) is 0. The molecule has 1 saturated heterocycles. The van der Waals surface area contributed by atoms with Crippen molar-refractivity contribution in [3.8, 4) is 5.75 Å². The molecule has 128 valence electrons. The highest BCUT2D eigenvalue weighted by Crippen LogP contribution is 2.44. The Bertz CT molecular complexity index is 841. The zero-order valence-corrected chi connectivity index (χ0v) is 15.9. The van der Waals surface area contributed by atoms with Crippen LogP contribution in [0.25, 0.3) is 0 Å². The predicted octanol–water partition coefficient (Wildman–Crippen LogP) is 4.44. The summed E-state index contributed by atoms with van der Waals surface area (Å²) in [6, 6.07) is 11.5. The summed E-state index contributed by atoms with van der Waals surface area (Å²) in [5, 5.41) is 0.634. The van der Waals surface area contributed by atoms with Crippen LogP contribution in [0.4, 0.5) is 0 Å². The van der Waals surface area contributed by atoms with Crippen molar-refractivity contribution in [1.29, 1.82) is 0 Å². The molecule has 0 amide bonds. The summed E-state index contributed by atoms with van der Waals surface area (Å²) >= 11 is 13.8. The lowest BCUT2D eigenvalue weighted by atomic mass is 10.2. The minimum Gasteiger partial charge on any atom is -0.497 e. The normalized spacial score (nSPS) is 18.7. The molecule has 4 nitrogen and oxygen atoms in total. The minimum atomic E-state index is -3.62. The molecule has 2 aromatic rings. The molecule has 0 radical (unpaired) electrons. The zero-order chi connectivity index (χ0) is 17.3. The molecule has 0 bridgehead atoms. The quantitative estimate of drug-likeness (QED) is 0.756. The zero-order valence-electron chi connectivity index (χ0n) is 12.8. The maximum absolute atomic E-state index is 13.0. The molecular weight excluding hydrogens is 389 g/mol. The topological polar surface area (TPSA) is 46.6 Å². The molecule has 1 aliphatic heterocycles. The van der Waals surface area contributed by atoms with Crippen LogP contribution in [-0.2, 0) is 10.0 Å². The van der Waals surface area contributed by atoms with Gasteiger partial charge in [0.2, 0.25) is 10.0 Å². The number of ether oxygens (including phenoxy) is 1. The Morgan fingerprint density at radius 1 is 1.17 bits per heavy atom. The van der Waals surface area contributed by atoms with Crippen LogP contribution in [0.5, 0.6) is 5.75 Å². The fraction of sp³-hybridized carbons (Fsp3) is 0.250. The number of sulfonamides is 1. The first-order valence-corrected chi connectivity index (χ1v) is 10.4. The molecule has 0 aromatic heterocycles. The van der Waals surface area contributed by atoms with Crippen LogP contribution in [0.15, 0.2) is 47.4 Å². The monoisotopic (exact) mass is 403 g/mol. The van der Waals surface area contributed by atoms with Gasteiger partial charge < -0.3 is 4.74 Å². The largest absolute Gasteiger partial charge is 0.497 e. The van der Waals surface area contributed by atoms with E-state index in [0.717, 1.165) is 5.56 Å². The van der Waals surface area contributed by atoms with E-state index in [1.807, 2.05) is 0 Å². The van der Waals surface area contributed by atoms with Crippen LogP contribution in [0.1, 0.15) is 10.9 Å². The second kappa shape index (κ2) is 7.14. The van der Waals surface area contributed by atoms with Gasteiger partial charge in [0.15, 0.2) is 0 Å². The van der Waals surface area contributed by atoms with E-state index >= 15 is 0 Å². The SMILES string of the molecule is COc1ccc(S(=O)(=O)N2CCSC2c2ccc(Cl)cc2Cl)cc1. The van der Waals surface area contributed by atoms with Crippen LogP contribution >= 0.6 is 35.0 Å². The van der Waals surface area contributed by atoms with Crippen molar-refractivity contribution in [2.75, 3.05) is 19.4 Å². The molecular formula is C16H15Cl2NO3S2. The van der Waals surface area contributed by atoms with Gasteiger partial charge in [-0.3, -0.25) is 0 Å². The first-order chi connectivity index (χ1) is 11.4. The van der Waals surface area contributed by atoms with Gasteiger partial charge in [-0.15, -0.1) is 11.8 Å². The van der Waals surface area contributed by atoms with Crippen molar-refractivity contribution in [3.05, 3.63) is 58.1 Å². The lowest BCUT2D eigenvalue weighted by Gasteiger charge is -2.24. The highest BCUT2D eigenvalue weighted by Gasteiger charge is 2.37. The Hall–Kier alpha value is -0.920. The van der Waals surface area contributed by atoms with Crippen LogP contribution in [-0.4, -0.2) is 32.1 Å². The van der Waals surface area contributed by atoms with E-state index in [9.17, 15) is 8.42 Å². The van der Waals surface area contributed by atoms with Crippen LogP contribution in [0, 0.1) is 0 Å². The fourth-order valence-corrected chi connectivity index (χ4v) is 6.38. The van der Waals surface area contributed by atoms with Gasteiger partial charge in [0.25, 0.3) is 0 Å². The summed E-state index contributed by atoms with van der Waals surface area (Å²) in [6.45, 7) is 0.433. The molecule has 1 atom stereocenters. The van der Waals surface area contributed by atoms with E-state index in [-0.39, 0.29) is 10.3 Å². The van der Waals surface area contributed by atoms with Gasteiger partial charge in [0.05, 0.1) is 17.4 Å². The highest BCUT2D eigenvalue weighted by molar-refractivity contribution is 8.01. The Labute approximate surface area is 155 Å². The summed E-state index contributed by atoms with van der Waals surface area (Å²) in [4.78, 5) is 0.237. The van der Waals surface area contributed by atoms with Gasteiger partial charge >= 0.3 is 0 Å². The maximum Gasteiger partial charge on any atom is 0.244 e. The molecule has 24 heavy (non-hydrogen) atoms. The van der Waals surface area contributed by atoms with E-state index < -0.39 is 10.0 Å². The van der Waals surface area contributed by atoms with Gasteiger partial charge in [0, 0.05) is 22.3 Å². The number of hydrogen-bond acceptors (Lipinski definition) is 4. The van der Waals surface area contributed by atoms with E-state index in [0.29, 0.717) is 28.1 Å². The molecule has 0 spiro atoms. The number of hydrogen-bond donors (Lipinski definition) is 0. The van der Waals surface area contributed by atoms with Crippen molar-refractivity contribution in [1.82, 2.24) is 4.31 Å². The molecule has 1 unspecified atom stereocenters. The van der Waals surface area contributed by atoms with Crippen LogP contribution in [0.3, 0.4) is 0 Å². The molecule has 2 aromatic carbocycles. The first kappa shape index (κ1) is 17.9. The summed E-state index contributed by atoms with van der Waals surface area (Å²) in [5.41, 5.74) is 0.751. The van der Waals surface area contributed by atoms with Crippen molar-refractivity contribution in [2.45, 2.75) is 10.3 Å². The Kier molecular flexibility index (Phi) is 5.32. The van der Waals surface area contributed by atoms with Crippen molar-refractivity contribution >= 4 is 45.0 Å². The van der Waals surface area contributed by atoms with Crippen LogP contribution in [0.2, 0.25) is 10.0 Å². The number of methoxy groups -OCH3 is 1. The average Bonchev–Trinajstić information content (AvgIpc) is 3.05. The maximum atomic E-state index is 13.0. The second-order valence-corrected chi connectivity index (χ2v) is 9.10. The van der Waals surface area contributed by atoms with Gasteiger partial charge in [0.1, 0.15) is 5.75 Å². The molecule has 1 aliphatic rings. The van der Waals surface area contributed by atoms with Crippen molar-refractivity contribution < 1.29 is 13.2 Å². The molecule has 1 heterocycles. The lowest BCUT2D eigenvalue weighted by molar-refractivity contribution is 0.414. The van der Waals surface area contributed by atoms with Crippen molar-refractivity contribution in [2.24, 2.45) is 0 Å². The summed E-state index contributed by atoms with van der Waals surface area (Å²) < 4.78 is 32.6. The van der Waals surface area contributed by atoms with E-state index in [1.54, 1.807) is 61.3 Å². The van der Waals surface area contributed by atoms with Gasteiger partial charge in [-0.2, -0.15) is 4.31 Å². The molecule has 0 N–H and O–H groups in total. The predicted molar refractivity (Wildman–Crippen MR) is 98.5 cm³/mol. The van der Waals surface area contributed by atoms with E-state index in [2.05, 4.69) is 0 Å². The molecule has 1 fully saturated rings. The molecule has 8 heteroatoms. The summed E-state index contributed by atoms with van der Waals surface area (Å²) in [5.74, 6) is 1.32. The van der Waals surface area contributed by atoms with Crippen molar-refractivity contribution in [3.63, 3.8) is 0 Å². The van der Waals surface area contributed by atoms with E-state index in [4.69, 9.17) is 27.9 Å². The van der Waals surface area contributed by atoms with E-state index in [1.165, 1.54) is 4.31 Å². The fourth-order valence-electron chi connectivity index (χ4n) is 2.53. The molecule has 3 rings (SSSR count). The standard InChI is InChI=1S/C16H15Cl2NO3S2/c1-22-12-3-5-13(6-4-12)24(20,21)19-8-9-23-16(19)14-7-2-11(17)10-15(14)18/h2-7,10,16H,8-9H2,1H3. The number of benzene rings is 2. The number of nitrogens with zero attached hydrogens (tertiary/aromatic N) is 1. The number of rotatable bonds is 4. The second-order valence-electron chi connectivity index (χ2n) is 5.18. The van der Waals surface area contributed by atoms with Gasteiger partial charge in [-0.25, -0.2) is 8.42 Å². The average molecular weight is 404 g/mol. The third-order valence-electron chi connectivity index (χ3n) is 3.74. The Morgan fingerprint density at radius 2 is 1.88 bits per heavy atom. The van der Waals surface area contributed by atoms with Gasteiger partial charge in [-0.1, -0.05) is 29.3 Å². The third kappa shape index (κ3) is 3.39. The van der Waals surface area contributed by atoms with Crippen LogP contribution < -0.4 is 4.74 Å². The smallest absolute Gasteiger partial charge is 0.244 e. The first-order valence-electron chi connectivity index (χ1n) is 7.16. The third-order valence-corrected chi connectivity index (χ3v) is 7.56. The molecule has 0 aliphatic carbocycles. The number of thioether (sulfide) groups is 1. The highest BCUT2D eigenvalue weighted by atomic mass is 35.5. The summed E-state index contributed by atoms with van der Waals surface area (Å²) in [7, 11) is -2.08. The molecule has 0 saturated carbocycles. The minimum absolute atomic E-state index is 0.237.